The average Bonchev–Trinajstić information content (AvgIpc) is 3.06. The summed E-state index contributed by atoms with van der Waals surface area (Å²) < 4.78 is 7.72. The van der Waals surface area contributed by atoms with Crippen molar-refractivity contribution in [3.63, 3.8) is 0 Å². The van der Waals surface area contributed by atoms with E-state index in [2.05, 4.69) is 14.9 Å². The molecular formula is C19H32N4O2. The lowest BCUT2D eigenvalue weighted by atomic mass is 9.76. The highest BCUT2D eigenvalue weighted by atomic mass is 16.6. The predicted molar refractivity (Wildman–Crippen MR) is 97.3 cm³/mol. The van der Waals surface area contributed by atoms with Crippen LogP contribution in [0.2, 0.25) is 0 Å². The van der Waals surface area contributed by atoms with Gasteiger partial charge in [0.2, 0.25) is 0 Å². The molecule has 3 atom stereocenters. The van der Waals surface area contributed by atoms with Crippen molar-refractivity contribution in [1.82, 2.24) is 19.8 Å². The number of carbonyl (C=O) groups is 1. The van der Waals surface area contributed by atoms with E-state index in [1.807, 2.05) is 44.4 Å². The average molecular weight is 348 g/mol. The fourth-order valence-corrected chi connectivity index (χ4v) is 4.21. The maximum Gasteiger partial charge on any atom is 0.410 e. The Labute approximate surface area is 150 Å². The zero-order chi connectivity index (χ0) is 17.9. The highest BCUT2D eigenvalue weighted by Crippen LogP contribution is 2.36. The van der Waals surface area contributed by atoms with E-state index in [0.717, 1.165) is 45.3 Å². The van der Waals surface area contributed by atoms with Gasteiger partial charge in [-0.3, -0.25) is 0 Å². The predicted octanol–water partition coefficient (Wildman–Crippen LogP) is 3.04. The second-order valence-corrected chi connectivity index (χ2v) is 8.41. The SMILES string of the molecule is CC(C)(C)OC(=O)N1CCCC2CC(NCCn3ccnc3)CCC21. The van der Waals surface area contributed by atoms with Gasteiger partial charge in [-0.25, -0.2) is 9.78 Å². The number of nitrogens with zero attached hydrogens (tertiary/aromatic N) is 3. The monoisotopic (exact) mass is 348 g/mol. The largest absolute Gasteiger partial charge is 0.444 e. The zero-order valence-electron chi connectivity index (χ0n) is 15.8. The minimum Gasteiger partial charge on any atom is -0.444 e. The number of hydrogen-bond acceptors (Lipinski definition) is 4. The van der Waals surface area contributed by atoms with Crippen LogP contribution in [0, 0.1) is 5.92 Å². The Bertz CT molecular complexity index is 552. The number of carbonyl (C=O) groups excluding carboxylic acids is 1. The van der Waals surface area contributed by atoms with Gasteiger partial charge in [-0.2, -0.15) is 0 Å². The van der Waals surface area contributed by atoms with Crippen LogP contribution in [-0.2, 0) is 11.3 Å². The van der Waals surface area contributed by atoms with Gasteiger partial charge in [0.05, 0.1) is 6.33 Å². The number of aromatic nitrogens is 2. The first kappa shape index (κ1) is 18.2. The van der Waals surface area contributed by atoms with Crippen LogP contribution in [0.5, 0.6) is 0 Å². The molecule has 1 N–H and O–H groups in total. The van der Waals surface area contributed by atoms with Crippen LogP contribution in [0.25, 0.3) is 0 Å². The molecule has 0 aromatic carbocycles. The van der Waals surface area contributed by atoms with Crippen LogP contribution in [-0.4, -0.2) is 51.3 Å². The Hall–Kier alpha value is -1.56. The van der Waals surface area contributed by atoms with Gasteiger partial charge < -0.3 is 19.5 Å². The van der Waals surface area contributed by atoms with E-state index >= 15 is 0 Å². The summed E-state index contributed by atoms with van der Waals surface area (Å²) in [7, 11) is 0. The van der Waals surface area contributed by atoms with Crippen LogP contribution in [0.15, 0.2) is 18.7 Å². The van der Waals surface area contributed by atoms with Gasteiger partial charge >= 0.3 is 6.09 Å². The Balaban J connectivity index is 1.49. The number of imidazole rings is 1. The molecule has 0 radical (unpaired) electrons. The van der Waals surface area contributed by atoms with Crippen molar-refractivity contribution in [1.29, 1.82) is 0 Å². The van der Waals surface area contributed by atoms with Gasteiger partial charge in [-0.15, -0.1) is 0 Å². The second kappa shape index (κ2) is 7.77. The Morgan fingerprint density at radius 3 is 2.88 bits per heavy atom. The number of fused-ring (bicyclic) bond motifs is 1. The normalized spacial score (nSPS) is 27.0. The maximum atomic E-state index is 12.5. The van der Waals surface area contributed by atoms with Gasteiger partial charge in [-0.1, -0.05) is 0 Å². The fraction of sp³-hybridized carbons (Fsp3) is 0.789. The van der Waals surface area contributed by atoms with E-state index in [-0.39, 0.29) is 6.09 Å². The third-order valence-corrected chi connectivity index (χ3v) is 5.31. The lowest BCUT2D eigenvalue weighted by molar-refractivity contribution is -0.0101. The molecule has 1 aromatic heterocycles. The van der Waals surface area contributed by atoms with E-state index in [9.17, 15) is 4.79 Å². The first-order valence-corrected chi connectivity index (χ1v) is 9.61. The van der Waals surface area contributed by atoms with E-state index < -0.39 is 5.60 Å². The third-order valence-electron chi connectivity index (χ3n) is 5.31. The highest BCUT2D eigenvalue weighted by molar-refractivity contribution is 5.68. The summed E-state index contributed by atoms with van der Waals surface area (Å²) in [5, 5.41) is 3.69. The van der Waals surface area contributed by atoms with Gasteiger partial charge in [0.25, 0.3) is 0 Å². The molecule has 3 rings (SSSR count). The van der Waals surface area contributed by atoms with Crippen molar-refractivity contribution in [3.8, 4) is 0 Å². The topological polar surface area (TPSA) is 59.4 Å². The summed E-state index contributed by atoms with van der Waals surface area (Å²) in [5.74, 6) is 0.598. The van der Waals surface area contributed by atoms with Crippen LogP contribution >= 0.6 is 0 Å². The zero-order valence-corrected chi connectivity index (χ0v) is 15.8. The Morgan fingerprint density at radius 1 is 1.32 bits per heavy atom. The first-order chi connectivity index (χ1) is 11.9. The van der Waals surface area contributed by atoms with Crippen molar-refractivity contribution in [2.24, 2.45) is 5.92 Å². The third kappa shape index (κ3) is 4.97. The molecule has 1 aliphatic heterocycles. The molecule has 2 fully saturated rings. The first-order valence-electron chi connectivity index (χ1n) is 9.61. The Morgan fingerprint density at radius 2 is 2.16 bits per heavy atom. The van der Waals surface area contributed by atoms with E-state index in [0.29, 0.717) is 18.0 Å². The van der Waals surface area contributed by atoms with Crippen molar-refractivity contribution in [2.75, 3.05) is 13.1 Å². The maximum absolute atomic E-state index is 12.5. The summed E-state index contributed by atoms with van der Waals surface area (Å²) in [6.45, 7) is 8.58. The van der Waals surface area contributed by atoms with E-state index in [4.69, 9.17) is 4.74 Å². The number of hydrogen-bond donors (Lipinski definition) is 1. The molecule has 1 amide bonds. The quantitative estimate of drug-likeness (QED) is 0.908. The molecule has 1 saturated heterocycles. The summed E-state index contributed by atoms with van der Waals surface area (Å²) >= 11 is 0. The van der Waals surface area contributed by atoms with Crippen molar-refractivity contribution in [3.05, 3.63) is 18.7 Å². The molecular weight excluding hydrogens is 316 g/mol. The minimum absolute atomic E-state index is 0.131. The summed E-state index contributed by atoms with van der Waals surface area (Å²) in [4.78, 5) is 18.6. The molecule has 0 spiro atoms. The molecule has 1 saturated carbocycles. The van der Waals surface area contributed by atoms with Gasteiger partial charge in [0, 0.05) is 44.1 Å². The van der Waals surface area contributed by atoms with Crippen LogP contribution in [0.3, 0.4) is 0 Å². The molecule has 140 valence electrons. The van der Waals surface area contributed by atoms with Gasteiger partial charge in [-0.05, 0) is 58.8 Å². The molecule has 6 nitrogen and oxygen atoms in total. The van der Waals surface area contributed by atoms with Crippen LogP contribution in [0.1, 0.15) is 52.9 Å². The number of rotatable bonds is 4. The highest BCUT2D eigenvalue weighted by Gasteiger charge is 2.39. The molecule has 1 aromatic rings. The molecule has 2 aliphatic rings. The molecule has 2 heterocycles. The fourth-order valence-electron chi connectivity index (χ4n) is 4.21. The number of amides is 1. The van der Waals surface area contributed by atoms with E-state index in [1.54, 1.807) is 0 Å². The number of likely N-dealkylation sites (tertiary alicyclic amines) is 1. The van der Waals surface area contributed by atoms with Gasteiger partial charge in [0.15, 0.2) is 0 Å². The van der Waals surface area contributed by atoms with Crippen LogP contribution < -0.4 is 5.32 Å². The van der Waals surface area contributed by atoms with Crippen molar-refractivity contribution >= 4 is 6.09 Å². The summed E-state index contributed by atoms with van der Waals surface area (Å²) in [6.07, 6.45) is 11.2. The lowest BCUT2D eigenvalue weighted by Crippen LogP contribution is -2.54. The van der Waals surface area contributed by atoms with Crippen LogP contribution in [0.4, 0.5) is 4.79 Å². The number of ether oxygens (including phenoxy) is 1. The second-order valence-electron chi connectivity index (χ2n) is 8.41. The number of nitrogens with one attached hydrogen (secondary N) is 1. The molecule has 0 bridgehead atoms. The molecule has 3 unspecified atom stereocenters. The minimum atomic E-state index is -0.421. The smallest absolute Gasteiger partial charge is 0.410 e. The molecule has 1 aliphatic carbocycles. The summed E-state index contributed by atoms with van der Waals surface area (Å²) in [5.41, 5.74) is -0.421. The summed E-state index contributed by atoms with van der Waals surface area (Å²) in [6, 6.07) is 0.915. The Kier molecular flexibility index (Phi) is 5.67. The molecule has 6 heteroatoms. The lowest BCUT2D eigenvalue weighted by Gasteiger charge is -2.46. The standard InChI is InChI=1S/C19H32N4O2/c1-19(2,3)25-18(24)23-10-4-5-15-13-16(6-7-17(15)23)21-9-12-22-11-8-20-14-22/h8,11,14-17,21H,4-7,9-10,12-13H2,1-3H3. The van der Waals surface area contributed by atoms with Gasteiger partial charge in [0.1, 0.15) is 5.60 Å². The van der Waals surface area contributed by atoms with Crippen molar-refractivity contribution in [2.45, 2.75) is 77.1 Å². The van der Waals surface area contributed by atoms with E-state index in [1.165, 1.54) is 6.42 Å². The molecule has 25 heavy (non-hydrogen) atoms. The number of piperidine rings is 1. The van der Waals surface area contributed by atoms with Crippen molar-refractivity contribution < 1.29 is 9.53 Å².